The zero-order valence-electron chi connectivity index (χ0n) is 16.1. The minimum absolute atomic E-state index is 0.00900. The Kier molecular flexibility index (Phi) is 4.58. The van der Waals surface area contributed by atoms with Crippen LogP contribution in [0.15, 0.2) is 29.3 Å². The van der Waals surface area contributed by atoms with Gasteiger partial charge in [-0.1, -0.05) is 48.0 Å². The number of benzene rings is 1. The lowest BCUT2D eigenvalue weighted by atomic mass is 9.93. The van der Waals surface area contributed by atoms with Gasteiger partial charge in [0.2, 0.25) is 0 Å². The summed E-state index contributed by atoms with van der Waals surface area (Å²) in [4.78, 5) is 19.4. The van der Waals surface area contributed by atoms with E-state index < -0.39 is 9.84 Å². The zero-order chi connectivity index (χ0) is 19.5. The predicted octanol–water partition coefficient (Wildman–Crippen LogP) is 2.82. The zero-order valence-corrected chi connectivity index (χ0v) is 17.7. The van der Waals surface area contributed by atoms with E-state index in [1.165, 1.54) is 36.6 Å². The first kappa shape index (κ1) is 18.7. The van der Waals surface area contributed by atoms with Gasteiger partial charge in [-0.15, -0.1) is 0 Å². The van der Waals surface area contributed by atoms with Crippen LogP contribution >= 0.6 is 11.8 Å². The molecule has 1 amide bonds. The van der Waals surface area contributed by atoms with E-state index in [2.05, 4.69) is 9.89 Å². The minimum Gasteiger partial charge on any atom is -0.343 e. The van der Waals surface area contributed by atoms with Crippen molar-refractivity contribution in [3.05, 3.63) is 35.4 Å². The molecule has 150 valence electrons. The summed E-state index contributed by atoms with van der Waals surface area (Å²) < 4.78 is 24.4. The van der Waals surface area contributed by atoms with Crippen molar-refractivity contribution in [3.63, 3.8) is 0 Å². The van der Waals surface area contributed by atoms with Crippen LogP contribution in [0.3, 0.4) is 0 Å². The van der Waals surface area contributed by atoms with Crippen LogP contribution in [-0.4, -0.2) is 53.2 Å². The number of carbonyl (C=O) groups excluding carboxylic acids is 1. The third-order valence-corrected chi connectivity index (χ3v) is 10.1. The molecular formula is C21H26N2O3S2. The van der Waals surface area contributed by atoms with E-state index in [-0.39, 0.29) is 28.7 Å². The van der Waals surface area contributed by atoms with Crippen molar-refractivity contribution in [2.24, 2.45) is 16.8 Å². The highest BCUT2D eigenvalue weighted by molar-refractivity contribution is 8.15. The molecule has 5 atom stereocenters. The summed E-state index contributed by atoms with van der Waals surface area (Å²) >= 11 is 1.52. The van der Waals surface area contributed by atoms with Crippen molar-refractivity contribution in [3.8, 4) is 0 Å². The monoisotopic (exact) mass is 418 g/mol. The predicted molar refractivity (Wildman–Crippen MR) is 112 cm³/mol. The maximum atomic E-state index is 12.7. The lowest BCUT2D eigenvalue weighted by molar-refractivity contribution is -0.117. The van der Waals surface area contributed by atoms with Crippen molar-refractivity contribution in [2.75, 3.05) is 11.5 Å². The van der Waals surface area contributed by atoms with Gasteiger partial charge < -0.3 is 4.90 Å². The number of thioether (sulfide) groups is 1. The molecule has 0 unspecified atom stereocenters. The first-order valence-corrected chi connectivity index (χ1v) is 12.9. The standard InChI is InChI=1S/C21H26N2O3S2/c1-13-2-4-14(5-3-13)10-20(24)22-21-23(17-9-15-6-7-16(17)8-15)18-11-28(25,26)12-19(18)27-21/h2-5,15-19H,6-12H2,1H3/t15-,16-,17-,18-,19+/m1/s1. The van der Waals surface area contributed by atoms with Crippen LogP contribution in [0.25, 0.3) is 0 Å². The van der Waals surface area contributed by atoms with Crippen LogP contribution in [0.1, 0.15) is 36.8 Å². The van der Waals surface area contributed by atoms with E-state index in [0.29, 0.717) is 18.4 Å². The second-order valence-corrected chi connectivity index (χ2v) is 12.3. The minimum atomic E-state index is -2.99. The molecule has 2 aliphatic heterocycles. The van der Waals surface area contributed by atoms with Crippen LogP contribution in [0, 0.1) is 18.8 Å². The molecule has 7 heteroatoms. The van der Waals surface area contributed by atoms with Crippen LogP contribution in [0.5, 0.6) is 0 Å². The Morgan fingerprint density at radius 2 is 1.93 bits per heavy atom. The van der Waals surface area contributed by atoms with Crippen molar-refractivity contribution in [1.29, 1.82) is 0 Å². The largest absolute Gasteiger partial charge is 0.343 e. The number of amides is 1. The number of aryl methyl sites for hydroxylation is 1. The summed E-state index contributed by atoms with van der Waals surface area (Å²) in [5.41, 5.74) is 2.14. The number of rotatable bonds is 3. The molecule has 4 aliphatic rings. The van der Waals surface area contributed by atoms with Crippen molar-refractivity contribution in [2.45, 2.75) is 56.4 Å². The van der Waals surface area contributed by atoms with Gasteiger partial charge in [-0.2, -0.15) is 4.99 Å². The number of amidine groups is 1. The van der Waals surface area contributed by atoms with Crippen LogP contribution < -0.4 is 0 Å². The smallest absolute Gasteiger partial charge is 0.252 e. The Morgan fingerprint density at radius 1 is 1.14 bits per heavy atom. The molecule has 2 saturated heterocycles. The maximum absolute atomic E-state index is 12.7. The lowest BCUT2D eigenvalue weighted by Crippen LogP contribution is -2.47. The number of carbonyl (C=O) groups is 1. The molecule has 0 spiro atoms. The van der Waals surface area contributed by atoms with Gasteiger partial charge >= 0.3 is 0 Å². The highest BCUT2D eigenvalue weighted by Gasteiger charge is 2.54. The molecule has 2 aliphatic carbocycles. The quantitative estimate of drug-likeness (QED) is 0.755. The Balaban J connectivity index is 1.40. The SMILES string of the molecule is Cc1ccc(CC(=O)N=C2S[C@H]3CS(=O)(=O)C[C@H]3N2[C@@H]2C[C@@H]3CC[C@@H]2C3)cc1. The molecule has 5 rings (SSSR count). The highest BCUT2D eigenvalue weighted by Crippen LogP contribution is 2.51. The normalized spacial score (nSPS) is 37.0. The van der Waals surface area contributed by atoms with Crippen molar-refractivity contribution >= 4 is 32.7 Å². The average molecular weight is 419 g/mol. The van der Waals surface area contributed by atoms with Gasteiger partial charge in [0.1, 0.15) is 0 Å². The van der Waals surface area contributed by atoms with E-state index in [1.54, 1.807) is 0 Å². The average Bonchev–Trinajstić information content (AvgIpc) is 3.36. The summed E-state index contributed by atoms with van der Waals surface area (Å²) in [7, 11) is -2.99. The Labute approximate surface area is 170 Å². The van der Waals surface area contributed by atoms with Gasteiger partial charge in [-0.05, 0) is 43.6 Å². The summed E-state index contributed by atoms with van der Waals surface area (Å²) in [6.07, 6.45) is 5.20. The molecule has 0 radical (unpaired) electrons. The van der Waals surface area contributed by atoms with Crippen molar-refractivity contribution in [1.82, 2.24) is 4.90 Å². The topological polar surface area (TPSA) is 66.8 Å². The lowest BCUT2D eigenvalue weighted by Gasteiger charge is -2.36. The molecule has 0 aromatic heterocycles. The molecule has 28 heavy (non-hydrogen) atoms. The highest BCUT2D eigenvalue weighted by atomic mass is 32.2. The molecule has 1 aromatic carbocycles. The fourth-order valence-electron chi connectivity index (χ4n) is 5.56. The summed E-state index contributed by atoms with van der Waals surface area (Å²) in [6, 6.07) is 8.33. The molecule has 5 nitrogen and oxygen atoms in total. The van der Waals surface area contributed by atoms with E-state index in [4.69, 9.17) is 0 Å². The van der Waals surface area contributed by atoms with Gasteiger partial charge in [0, 0.05) is 11.3 Å². The summed E-state index contributed by atoms with van der Waals surface area (Å²) in [5.74, 6) is 1.68. The molecule has 2 bridgehead atoms. The molecular weight excluding hydrogens is 392 g/mol. The Morgan fingerprint density at radius 3 is 2.61 bits per heavy atom. The molecule has 2 saturated carbocycles. The van der Waals surface area contributed by atoms with Gasteiger partial charge in [-0.25, -0.2) is 8.42 Å². The van der Waals surface area contributed by atoms with Crippen molar-refractivity contribution < 1.29 is 13.2 Å². The van der Waals surface area contributed by atoms with Gasteiger partial charge in [0.25, 0.3) is 5.91 Å². The van der Waals surface area contributed by atoms with Crippen LogP contribution in [0.4, 0.5) is 0 Å². The first-order chi connectivity index (χ1) is 13.4. The fourth-order valence-corrected chi connectivity index (χ4v) is 9.55. The number of hydrogen-bond acceptors (Lipinski definition) is 4. The summed E-state index contributed by atoms with van der Waals surface area (Å²) in [5, 5.41) is 0.801. The van der Waals surface area contributed by atoms with Gasteiger partial charge in [0.05, 0.1) is 24.0 Å². The van der Waals surface area contributed by atoms with E-state index >= 15 is 0 Å². The van der Waals surface area contributed by atoms with Crippen LogP contribution in [-0.2, 0) is 21.1 Å². The fraction of sp³-hybridized carbons (Fsp3) is 0.619. The van der Waals surface area contributed by atoms with Crippen LogP contribution in [0.2, 0.25) is 0 Å². The molecule has 4 fully saturated rings. The molecule has 0 N–H and O–H groups in total. The molecule has 1 aromatic rings. The summed E-state index contributed by atoms with van der Waals surface area (Å²) in [6.45, 7) is 2.03. The van der Waals surface area contributed by atoms with E-state index in [1.807, 2.05) is 31.2 Å². The Bertz CT molecular complexity index is 925. The second kappa shape index (κ2) is 6.87. The van der Waals surface area contributed by atoms with Gasteiger partial charge in [0.15, 0.2) is 15.0 Å². The van der Waals surface area contributed by atoms with Gasteiger partial charge in [-0.3, -0.25) is 4.79 Å². The number of aliphatic imine (C=N–C) groups is 1. The number of fused-ring (bicyclic) bond motifs is 3. The maximum Gasteiger partial charge on any atom is 0.252 e. The third kappa shape index (κ3) is 3.41. The molecule has 2 heterocycles. The second-order valence-electron chi connectivity index (χ2n) is 8.90. The number of hydrogen-bond donors (Lipinski definition) is 0. The first-order valence-electron chi connectivity index (χ1n) is 10.2. The number of nitrogens with zero attached hydrogens (tertiary/aromatic N) is 2. The third-order valence-electron chi connectivity index (χ3n) is 6.86. The number of sulfone groups is 1. The van der Waals surface area contributed by atoms with E-state index in [9.17, 15) is 13.2 Å². The Hall–Kier alpha value is -1.34. The van der Waals surface area contributed by atoms with E-state index in [0.717, 1.165) is 23.1 Å².